The summed E-state index contributed by atoms with van der Waals surface area (Å²) in [6.45, 7) is 3.47. The average Bonchev–Trinajstić information content (AvgIpc) is 2.42. The first-order valence-corrected chi connectivity index (χ1v) is 7.26. The van der Waals surface area contributed by atoms with E-state index in [1.165, 1.54) is 6.20 Å². The molecule has 0 saturated carbocycles. The summed E-state index contributed by atoms with van der Waals surface area (Å²) in [6.07, 6.45) is 1.40. The molecule has 2 aromatic heterocycles. The molecule has 2 heterocycles. The van der Waals surface area contributed by atoms with Crippen molar-refractivity contribution < 1.29 is 8.42 Å². The van der Waals surface area contributed by atoms with E-state index >= 15 is 0 Å². The van der Waals surface area contributed by atoms with E-state index in [4.69, 9.17) is 0 Å². The van der Waals surface area contributed by atoms with Crippen LogP contribution in [0.2, 0.25) is 0 Å². The monoisotopic (exact) mass is 294 g/mol. The molecule has 0 unspecified atom stereocenters. The topological polar surface area (TPSA) is 110 Å². The van der Waals surface area contributed by atoms with Crippen molar-refractivity contribution in [2.45, 2.75) is 18.9 Å². The Balaban J connectivity index is 2.38. The Morgan fingerprint density at radius 3 is 2.55 bits per heavy atom. The molecular formula is C11H14N6O2S. The zero-order valence-electron chi connectivity index (χ0n) is 11.2. The van der Waals surface area contributed by atoms with E-state index in [0.717, 1.165) is 0 Å². The van der Waals surface area contributed by atoms with Gasteiger partial charge in [-0.15, -0.1) is 5.10 Å². The van der Waals surface area contributed by atoms with E-state index in [0.29, 0.717) is 17.1 Å². The average molecular weight is 294 g/mol. The van der Waals surface area contributed by atoms with E-state index in [1.807, 2.05) is 0 Å². The third-order valence-electron chi connectivity index (χ3n) is 2.61. The Kier molecular flexibility index (Phi) is 3.79. The molecule has 9 heteroatoms. The van der Waals surface area contributed by atoms with Gasteiger partial charge in [0.15, 0.2) is 5.03 Å². The van der Waals surface area contributed by atoms with Gasteiger partial charge in [-0.3, -0.25) is 0 Å². The Bertz CT molecular complexity index is 731. The normalized spacial score (nSPS) is 11.2. The van der Waals surface area contributed by atoms with Crippen molar-refractivity contribution in [2.24, 2.45) is 0 Å². The number of hydrogen-bond acceptors (Lipinski definition) is 7. The van der Waals surface area contributed by atoms with Crippen LogP contribution in [-0.2, 0) is 10.0 Å². The smallest absolute Gasteiger partial charge is 0.283 e. The van der Waals surface area contributed by atoms with Crippen LogP contribution in [0, 0.1) is 13.8 Å². The number of aromatic nitrogens is 4. The molecule has 0 fully saturated rings. The van der Waals surface area contributed by atoms with Gasteiger partial charge in [-0.25, -0.2) is 14.7 Å². The molecule has 106 valence electrons. The minimum Gasteiger partial charge on any atom is -0.386 e. The molecule has 0 saturated heterocycles. The van der Waals surface area contributed by atoms with Gasteiger partial charge in [0.25, 0.3) is 16.0 Å². The highest BCUT2D eigenvalue weighted by molar-refractivity contribution is 7.92. The quantitative estimate of drug-likeness (QED) is 0.855. The van der Waals surface area contributed by atoms with E-state index in [9.17, 15) is 8.42 Å². The molecule has 20 heavy (non-hydrogen) atoms. The fraction of sp³-hybridized carbons (Fsp3) is 0.273. The molecule has 2 rings (SSSR count). The number of hydrogen-bond donors (Lipinski definition) is 2. The first kappa shape index (κ1) is 14.1. The second-order valence-corrected chi connectivity index (χ2v) is 5.62. The van der Waals surface area contributed by atoms with Crippen LogP contribution < -0.4 is 10.0 Å². The van der Waals surface area contributed by atoms with Gasteiger partial charge >= 0.3 is 0 Å². The standard InChI is InChI=1S/C11H14N6O2S/c1-7-8(2)15-16-11(14-7)17-20(18,19)10-9(12-3)5-4-6-13-10/h4-6,12H,1-3H3,(H,14,16,17). The number of pyridine rings is 1. The fourth-order valence-corrected chi connectivity index (χ4v) is 2.55. The lowest BCUT2D eigenvalue weighted by molar-refractivity contribution is 0.597. The van der Waals surface area contributed by atoms with Crippen molar-refractivity contribution in [3.63, 3.8) is 0 Å². The molecule has 0 aliphatic rings. The Hall–Kier alpha value is -2.29. The molecule has 0 radical (unpaired) electrons. The molecule has 0 spiro atoms. The summed E-state index contributed by atoms with van der Waals surface area (Å²) < 4.78 is 26.8. The predicted molar refractivity (Wildman–Crippen MR) is 73.9 cm³/mol. The molecule has 2 aromatic rings. The van der Waals surface area contributed by atoms with Crippen LogP contribution in [0.25, 0.3) is 0 Å². The first-order valence-electron chi connectivity index (χ1n) is 5.77. The van der Waals surface area contributed by atoms with Crippen LogP contribution in [0.3, 0.4) is 0 Å². The molecule has 8 nitrogen and oxygen atoms in total. The van der Waals surface area contributed by atoms with Crippen LogP contribution in [0.5, 0.6) is 0 Å². The van der Waals surface area contributed by atoms with Gasteiger partial charge in [-0.05, 0) is 26.0 Å². The maximum absolute atomic E-state index is 12.3. The van der Waals surface area contributed by atoms with Gasteiger partial charge in [0.1, 0.15) is 0 Å². The van der Waals surface area contributed by atoms with E-state index in [1.54, 1.807) is 33.0 Å². The zero-order valence-corrected chi connectivity index (χ0v) is 12.1. The molecule has 0 bridgehead atoms. The third kappa shape index (κ3) is 2.82. The Morgan fingerprint density at radius 1 is 1.15 bits per heavy atom. The number of nitrogens with one attached hydrogen (secondary N) is 2. The molecule has 0 aliphatic carbocycles. The van der Waals surface area contributed by atoms with E-state index in [-0.39, 0.29) is 11.0 Å². The van der Waals surface area contributed by atoms with Crippen molar-refractivity contribution in [1.29, 1.82) is 0 Å². The summed E-state index contributed by atoms with van der Waals surface area (Å²) in [5.74, 6) is -0.0826. The highest BCUT2D eigenvalue weighted by Gasteiger charge is 2.21. The Morgan fingerprint density at radius 2 is 1.90 bits per heavy atom. The predicted octanol–water partition coefficient (Wildman–Crippen LogP) is 0.726. The maximum atomic E-state index is 12.3. The number of rotatable bonds is 4. The van der Waals surface area contributed by atoms with Gasteiger partial charge in [-0.2, -0.15) is 13.5 Å². The van der Waals surface area contributed by atoms with Crippen LogP contribution >= 0.6 is 0 Å². The lowest BCUT2D eigenvalue weighted by Crippen LogP contribution is -2.18. The Labute approximate surface area is 116 Å². The van der Waals surface area contributed by atoms with Crippen LogP contribution in [0.1, 0.15) is 11.4 Å². The number of nitrogens with zero attached hydrogens (tertiary/aromatic N) is 4. The van der Waals surface area contributed by atoms with Gasteiger partial charge in [0.2, 0.25) is 0 Å². The highest BCUT2D eigenvalue weighted by atomic mass is 32.2. The van der Waals surface area contributed by atoms with Crippen molar-refractivity contribution in [3.05, 3.63) is 29.7 Å². The summed E-state index contributed by atoms with van der Waals surface area (Å²) in [5.41, 5.74) is 1.63. The SMILES string of the molecule is CNc1cccnc1S(=O)(=O)Nc1nnc(C)c(C)n1. The molecule has 2 N–H and O–H groups in total. The van der Waals surface area contributed by atoms with Gasteiger partial charge in [0.05, 0.1) is 17.1 Å². The molecule has 0 aromatic carbocycles. The van der Waals surface area contributed by atoms with Crippen LogP contribution in [0.4, 0.5) is 11.6 Å². The van der Waals surface area contributed by atoms with Gasteiger partial charge in [0, 0.05) is 13.2 Å². The molecular weight excluding hydrogens is 280 g/mol. The number of aryl methyl sites for hydroxylation is 2. The molecule has 0 aliphatic heterocycles. The number of anilines is 2. The van der Waals surface area contributed by atoms with Crippen LogP contribution in [0.15, 0.2) is 23.4 Å². The van der Waals surface area contributed by atoms with Crippen molar-refractivity contribution in [1.82, 2.24) is 20.2 Å². The largest absolute Gasteiger partial charge is 0.386 e. The van der Waals surface area contributed by atoms with Gasteiger partial charge < -0.3 is 5.32 Å². The van der Waals surface area contributed by atoms with Crippen LogP contribution in [-0.4, -0.2) is 35.6 Å². The fourth-order valence-electron chi connectivity index (χ4n) is 1.46. The van der Waals surface area contributed by atoms with E-state index in [2.05, 4.69) is 30.2 Å². The van der Waals surface area contributed by atoms with Gasteiger partial charge in [-0.1, -0.05) is 0 Å². The summed E-state index contributed by atoms with van der Waals surface area (Å²) in [4.78, 5) is 7.90. The first-order chi connectivity index (χ1) is 9.44. The summed E-state index contributed by atoms with van der Waals surface area (Å²) in [7, 11) is -2.26. The van der Waals surface area contributed by atoms with E-state index < -0.39 is 10.0 Å². The molecule has 0 atom stereocenters. The number of sulfonamides is 1. The third-order valence-corrected chi connectivity index (χ3v) is 3.90. The summed E-state index contributed by atoms with van der Waals surface area (Å²) in [5, 5.41) is 10.2. The summed E-state index contributed by atoms with van der Waals surface area (Å²) >= 11 is 0. The summed E-state index contributed by atoms with van der Waals surface area (Å²) in [6, 6.07) is 3.25. The maximum Gasteiger partial charge on any atom is 0.283 e. The molecule has 0 amide bonds. The van der Waals surface area contributed by atoms with Crippen molar-refractivity contribution in [2.75, 3.05) is 17.1 Å². The lowest BCUT2D eigenvalue weighted by Gasteiger charge is -2.09. The second kappa shape index (κ2) is 5.37. The minimum atomic E-state index is -3.87. The van der Waals surface area contributed by atoms with Crippen molar-refractivity contribution >= 4 is 21.7 Å². The lowest BCUT2D eigenvalue weighted by atomic mass is 10.4. The second-order valence-electron chi connectivity index (χ2n) is 4.02. The zero-order chi connectivity index (χ0) is 14.8. The van der Waals surface area contributed by atoms with Crippen molar-refractivity contribution in [3.8, 4) is 0 Å². The highest BCUT2D eigenvalue weighted by Crippen LogP contribution is 2.19. The minimum absolute atomic E-state index is 0.0826.